The summed E-state index contributed by atoms with van der Waals surface area (Å²) in [4.78, 5) is 25.4. The van der Waals surface area contributed by atoms with Crippen LogP contribution in [0.3, 0.4) is 0 Å². The number of nitrogens with zero attached hydrogens (tertiary/aromatic N) is 1. The Morgan fingerprint density at radius 1 is 1.06 bits per heavy atom. The molecular weight excluding hydrogens is 230 g/mol. The molecule has 18 heavy (non-hydrogen) atoms. The van der Waals surface area contributed by atoms with Gasteiger partial charge in [-0.3, -0.25) is 14.6 Å². The lowest BCUT2D eigenvalue weighted by Gasteiger charge is -2.06. The van der Waals surface area contributed by atoms with Crippen LogP contribution in [0.25, 0.3) is 11.1 Å². The van der Waals surface area contributed by atoms with Crippen molar-refractivity contribution in [2.24, 2.45) is 0 Å². The van der Waals surface area contributed by atoms with Gasteiger partial charge in [-0.2, -0.15) is 0 Å². The normalized spacial score (nSPS) is 9.83. The molecule has 0 aliphatic heterocycles. The topological polar surface area (TPSA) is 56.3 Å². The van der Waals surface area contributed by atoms with Crippen molar-refractivity contribution in [2.75, 3.05) is 7.11 Å². The van der Waals surface area contributed by atoms with Crippen LogP contribution in [0.5, 0.6) is 5.75 Å². The summed E-state index contributed by atoms with van der Waals surface area (Å²) in [7, 11) is 1.52. The van der Waals surface area contributed by atoms with Gasteiger partial charge in [-0.25, -0.2) is 0 Å². The number of aldehydes is 2. The average Bonchev–Trinajstić information content (AvgIpc) is 2.46. The Labute approximate surface area is 104 Å². The van der Waals surface area contributed by atoms with Gasteiger partial charge in [0.05, 0.1) is 12.7 Å². The highest BCUT2D eigenvalue weighted by Crippen LogP contribution is 2.25. The molecule has 1 heterocycles. The van der Waals surface area contributed by atoms with Crippen LogP contribution in [0.15, 0.2) is 36.5 Å². The third kappa shape index (κ3) is 2.27. The minimum atomic E-state index is 0.378. The van der Waals surface area contributed by atoms with Gasteiger partial charge in [0, 0.05) is 11.8 Å². The number of hydrogen-bond donors (Lipinski definition) is 0. The van der Waals surface area contributed by atoms with Crippen molar-refractivity contribution in [2.45, 2.75) is 0 Å². The van der Waals surface area contributed by atoms with Crippen molar-refractivity contribution < 1.29 is 14.3 Å². The van der Waals surface area contributed by atoms with Crippen LogP contribution < -0.4 is 4.74 Å². The first-order valence-corrected chi connectivity index (χ1v) is 5.33. The zero-order chi connectivity index (χ0) is 13.0. The van der Waals surface area contributed by atoms with Crippen molar-refractivity contribution >= 4 is 12.6 Å². The van der Waals surface area contributed by atoms with Crippen molar-refractivity contribution in [3.05, 3.63) is 47.8 Å². The van der Waals surface area contributed by atoms with E-state index < -0.39 is 0 Å². The Hall–Kier alpha value is -2.49. The minimum absolute atomic E-state index is 0.378. The summed E-state index contributed by atoms with van der Waals surface area (Å²) in [6, 6.07) is 8.71. The highest BCUT2D eigenvalue weighted by molar-refractivity contribution is 5.83. The highest BCUT2D eigenvalue weighted by atomic mass is 16.5. The Balaban J connectivity index is 2.43. The molecule has 2 rings (SSSR count). The SMILES string of the molecule is COc1ccc(-c2ccc(C=O)nc2)cc1C=O. The summed E-state index contributed by atoms with van der Waals surface area (Å²) in [6.45, 7) is 0. The monoisotopic (exact) mass is 241 g/mol. The number of rotatable bonds is 4. The zero-order valence-corrected chi connectivity index (χ0v) is 9.79. The van der Waals surface area contributed by atoms with E-state index in [2.05, 4.69) is 4.98 Å². The molecule has 0 aliphatic rings. The van der Waals surface area contributed by atoms with E-state index in [-0.39, 0.29) is 0 Å². The predicted octanol–water partition coefficient (Wildman–Crippen LogP) is 2.38. The number of ether oxygens (including phenoxy) is 1. The molecule has 0 spiro atoms. The van der Waals surface area contributed by atoms with Gasteiger partial charge in [0.15, 0.2) is 12.6 Å². The van der Waals surface area contributed by atoms with Crippen molar-refractivity contribution in [3.63, 3.8) is 0 Å². The van der Waals surface area contributed by atoms with Crippen LogP contribution in [0.4, 0.5) is 0 Å². The van der Waals surface area contributed by atoms with E-state index >= 15 is 0 Å². The summed E-state index contributed by atoms with van der Waals surface area (Å²) in [5.41, 5.74) is 2.55. The number of carbonyl (C=O) groups excluding carboxylic acids is 2. The van der Waals surface area contributed by atoms with Crippen LogP contribution in [0.1, 0.15) is 20.8 Å². The average molecular weight is 241 g/mol. The zero-order valence-electron chi connectivity index (χ0n) is 9.79. The van der Waals surface area contributed by atoms with Gasteiger partial charge >= 0.3 is 0 Å². The first-order chi connectivity index (χ1) is 8.78. The Bertz CT molecular complexity index is 576. The largest absolute Gasteiger partial charge is 0.496 e. The Morgan fingerprint density at radius 2 is 1.83 bits per heavy atom. The summed E-state index contributed by atoms with van der Waals surface area (Å²) < 4.78 is 5.07. The summed E-state index contributed by atoms with van der Waals surface area (Å²) >= 11 is 0. The van der Waals surface area contributed by atoms with E-state index in [1.807, 2.05) is 6.07 Å². The quantitative estimate of drug-likeness (QED) is 0.771. The molecule has 0 saturated carbocycles. The molecule has 90 valence electrons. The summed E-state index contributed by atoms with van der Waals surface area (Å²) in [5.74, 6) is 0.534. The molecule has 0 bridgehead atoms. The Morgan fingerprint density at radius 3 is 2.39 bits per heavy atom. The molecule has 0 N–H and O–H groups in total. The van der Waals surface area contributed by atoms with Gasteiger partial charge in [-0.1, -0.05) is 12.1 Å². The molecule has 0 unspecified atom stereocenters. The molecule has 0 atom stereocenters. The van der Waals surface area contributed by atoms with Crippen LogP contribution in [-0.4, -0.2) is 24.7 Å². The fourth-order valence-electron chi connectivity index (χ4n) is 1.65. The molecule has 1 aromatic carbocycles. The maximum Gasteiger partial charge on any atom is 0.168 e. The second-order valence-electron chi connectivity index (χ2n) is 3.66. The number of benzene rings is 1. The third-order valence-electron chi connectivity index (χ3n) is 2.60. The standard InChI is InChI=1S/C14H11NO3/c1-18-14-5-3-10(6-12(14)8-16)11-2-4-13(9-17)15-7-11/h2-9H,1H3. The van der Waals surface area contributed by atoms with Crippen LogP contribution >= 0.6 is 0 Å². The fraction of sp³-hybridized carbons (Fsp3) is 0.0714. The van der Waals surface area contributed by atoms with Crippen molar-refractivity contribution in [1.29, 1.82) is 0 Å². The maximum atomic E-state index is 10.9. The third-order valence-corrected chi connectivity index (χ3v) is 2.60. The molecule has 1 aromatic heterocycles. The van der Waals surface area contributed by atoms with Gasteiger partial charge in [0.1, 0.15) is 11.4 Å². The molecule has 0 aliphatic carbocycles. The first-order valence-electron chi connectivity index (χ1n) is 5.33. The van der Waals surface area contributed by atoms with Gasteiger partial charge < -0.3 is 4.74 Å². The second-order valence-corrected chi connectivity index (χ2v) is 3.66. The maximum absolute atomic E-state index is 10.9. The number of aromatic nitrogens is 1. The van der Waals surface area contributed by atoms with Crippen molar-refractivity contribution in [3.8, 4) is 16.9 Å². The minimum Gasteiger partial charge on any atom is -0.496 e. The first kappa shape index (κ1) is 12.0. The smallest absolute Gasteiger partial charge is 0.168 e. The van der Waals surface area contributed by atoms with Crippen LogP contribution in [0.2, 0.25) is 0 Å². The van der Waals surface area contributed by atoms with Gasteiger partial charge in [-0.05, 0) is 23.8 Å². The number of carbonyl (C=O) groups is 2. The second kappa shape index (κ2) is 5.23. The van der Waals surface area contributed by atoms with E-state index in [9.17, 15) is 9.59 Å². The molecule has 0 saturated heterocycles. The summed E-state index contributed by atoms with van der Waals surface area (Å²) in [5, 5.41) is 0. The lowest BCUT2D eigenvalue weighted by molar-refractivity contribution is 0.111. The molecule has 4 heteroatoms. The number of pyridine rings is 1. The van der Waals surface area contributed by atoms with E-state index in [0.717, 1.165) is 17.4 Å². The molecule has 2 aromatic rings. The molecule has 0 radical (unpaired) electrons. The van der Waals surface area contributed by atoms with E-state index in [1.165, 1.54) is 7.11 Å². The van der Waals surface area contributed by atoms with E-state index in [1.54, 1.807) is 30.5 Å². The number of methoxy groups -OCH3 is 1. The molecule has 0 amide bonds. The fourth-order valence-corrected chi connectivity index (χ4v) is 1.65. The highest BCUT2D eigenvalue weighted by Gasteiger charge is 2.05. The van der Waals surface area contributed by atoms with Crippen LogP contribution in [0, 0.1) is 0 Å². The van der Waals surface area contributed by atoms with Gasteiger partial charge in [0.25, 0.3) is 0 Å². The lowest BCUT2D eigenvalue weighted by atomic mass is 10.0. The van der Waals surface area contributed by atoms with Crippen molar-refractivity contribution in [1.82, 2.24) is 4.98 Å². The van der Waals surface area contributed by atoms with E-state index in [4.69, 9.17) is 4.74 Å². The lowest BCUT2D eigenvalue weighted by Crippen LogP contribution is -1.92. The number of hydrogen-bond acceptors (Lipinski definition) is 4. The van der Waals surface area contributed by atoms with E-state index in [0.29, 0.717) is 23.3 Å². The molecule has 0 fully saturated rings. The van der Waals surface area contributed by atoms with Gasteiger partial charge in [0.2, 0.25) is 0 Å². The predicted molar refractivity (Wildman–Crippen MR) is 67.0 cm³/mol. The molecule has 4 nitrogen and oxygen atoms in total. The van der Waals surface area contributed by atoms with Gasteiger partial charge in [-0.15, -0.1) is 0 Å². The van der Waals surface area contributed by atoms with Crippen LogP contribution in [-0.2, 0) is 0 Å². The molecular formula is C14H11NO3. The summed E-state index contributed by atoms with van der Waals surface area (Å²) in [6.07, 6.45) is 3.03. The Kier molecular flexibility index (Phi) is 3.48.